The zero-order valence-corrected chi connectivity index (χ0v) is 9.15. The van der Waals surface area contributed by atoms with Gasteiger partial charge < -0.3 is 5.32 Å². The van der Waals surface area contributed by atoms with Crippen LogP contribution in [-0.2, 0) is 0 Å². The van der Waals surface area contributed by atoms with Gasteiger partial charge in [0.25, 0.3) is 0 Å². The lowest BCUT2D eigenvalue weighted by molar-refractivity contribution is 0.595. The Bertz CT molecular complexity index is 283. The predicted octanol–water partition coefficient (Wildman–Crippen LogP) is 3.32. The fourth-order valence-electron chi connectivity index (χ4n) is 1.51. The van der Waals surface area contributed by atoms with Crippen LogP contribution in [0.1, 0.15) is 31.0 Å². The highest BCUT2D eigenvalue weighted by Gasteiger charge is 2.07. The van der Waals surface area contributed by atoms with Crippen LogP contribution in [0.4, 0.5) is 0 Å². The van der Waals surface area contributed by atoms with Gasteiger partial charge in [-0.25, -0.2) is 0 Å². The van der Waals surface area contributed by atoms with Crippen molar-refractivity contribution in [3.63, 3.8) is 0 Å². The van der Waals surface area contributed by atoms with Crippen LogP contribution < -0.4 is 5.32 Å². The highest BCUT2D eigenvalue weighted by Crippen LogP contribution is 2.23. The zero-order valence-electron chi connectivity index (χ0n) is 8.39. The topological polar surface area (TPSA) is 12.0 Å². The molecule has 1 aromatic rings. The van der Waals surface area contributed by atoms with Gasteiger partial charge in [0, 0.05) is 11.1 Å². The first-order valence-electron chi connectivity index (χ1n) is 4.65. The van der Waals surface area contributed by atoms with Crippen molar-refractivity contribution in [2.24, 2.45) is 0 Å². The first kappa shape index (κ1) is 10.6. The average molecular weight is 198 g/mol. The van der Waals surface area contributed by atoms with Crippen molar-refractivity contribution < 1.29 is 0 Å². The summed E-state index contributed by atoms with van der Waals surface area (Å²) in [5, 5.41) is 4.22. The average Bonchev–Trinajstić information content (AvgIpc) is 2.10. The predicted molar refractivity (Wildman–Crippen MR) is 58.3 cm³/mol. The standard InChI is InChI=1S/C11H16ClN/c1-4-13-9(3)10-6-5-7-11(12)8(10)2/h5-7,9,13H,4H2,1-3H3. The monoisotopic (exact) mass is 197 g/mol. The van der Waals surface area contributed by atoms with E-state index in [9.17, 15) is 0 Å². The Kier molecular flexibility index (Phi) is 3.76. The molecule has 0 aliphatic heterocycles. The van der Waals surface area contributed by atoms with Crippen LogP contribution in [0.15, 0.2) is 18.2 Å². The summed E-state index contributed by atoms with van der Waals surface area (Å²) in [4.78, 5) is 0. The van der Waals surface area contributed by atoms with Crippen LogP contribution in [0.5, 0.6) is 0 Å². The molecule has 1 nitrogen and oxygen atoms in total. The van der Waals surface area contributed by atoms with Crippen molar-refractivity contribution >= 4 is 11.6 Å². The molecule has 0 aliphatic carbocycles. The second kappa shape index (κ2) is 4.64. The quantitative estimate of drug-likeness (QED) is 0.784. The molecule has 0 amide bonds. The lowest BCUT2D eigenvalue weighted by atomic mass is 10.0. The Hall–Kier alpha value is -0.530. The number of nitrogens with one attached hydrogen (secondary N) is 1. The summed E-state index contributed by atoms with van der Waals surface area (Å²) >= 11 is 6.03. The maximum atomic E-state index is 6.03. The summed E-state index contributed by atoms with van der Waals surface area (Å²) in [7, 11) is 0. The molecule has 1 N–H and O–H groups in total. The molecule has 1 aromatic carbocycles. The molecule has 0 aromatic heterocycles. The number of rotatable bonds is 3. The molecule has 1 unspecified atom stereocenters. The maximum Gasteiger partial charge on any atom is 0.0438 e. The molecule has 13 heavy (non-hydrogen) atoms. The van der Waals surface area contributed by atoms with E-state index in [-0.39, 0.29) is 0 Å². The van der Waals surface area contributed by atoms with Crippen molar-refractivity contribution in [1.29, 1.82) is 0 Å². The van der Waals surface area contributed by atoms with E-state index in [1.54, 1.807) is 0 Å². The van der Waals surface area contributed by atoms with E-state index in [4.69, 9.17) is 11.6 Å². The summed E-state index contributed by atoms with van der Waals surface area (Å²) in [6, 6.07) is 6.43. The fraction of sp³-hybridized carbons (Fsp3) is 0.455. The van der Waals surface area contributed by atoms with Crippen molar-refractivity contribution in [3.8, 4) is 0 Å². The molecule has 0 fully saturated rings. The van der Waals surface area contributed by atoms with Gasteiger partial charge in [0.1, 0.15) is 0 Å². The van der Waals surface area contributed by atoms with Crippen molar-refractivity contribution in [1.82, 2.24) is 5.32 Å². The normalized spacial score (nSPS) is 12.9. The molecule has 0 saturated carbocycles. The molecular formula is C11H16ClN. The maximum absolute atomic E-state index is 6.03. The van der Waals surface area contributed by atoms with Gasteiger partial charge in [-0.3, -0.25) is 0 Å². The molecule has 0 bridgehead atoms. The molecule has 1 rings (SSSR count). The molecule has 0 heterocycles. The highest BCUT2D eigenvalue weighted by atomic mass is 35.5. The minimum absolute atomic E-state index is 0.378. The Morgan fingerprint density at radius 2 is 2.15 bits per heavy atom. The third-order valence-electron chi connectivity index (χ3n) is 2.29. The van der Waals surface area contributed by atoms with Crippen molar-refractivity contribution in [2.75, 3.05) is 6.54 Å². The number of benzene rings is 1. The van der Waals surface area contributed by atoms with Gasteiger partial charge in [-0.2, -0.15) is 0 Å². The van der Waals surface area contributed by atoms with Gasteiger partial charge in [-0.15, -0.1) is 0 Å². The molecule has 0 aliphatic rings. The van der Waals surface area contributed by atoms with Gasteiger partial charge in [-0.05, 0) is 37.6 Å². The Labute approximate surface area is 85.1 Å². The first-order valence-corrected chi connectivity index (χ1v) is 5.03. The van der Waals surface area contributed by atoms with Crippen LogP contribution in [0.25, 0.3) is 0 Å². The summed E-state index contributed by atoms with van der Waals surface area (Å²) in [5.41, 5.74) is 2.46. The van der Waals surface area contributed by atoms with Gasteiger partial charge in [0.05, 0.1) is 0 Å². The van der Waals surface area contributed by atoms with Crippen molar-refractivity contribution in [3.05, 3.63) is 34.3 Å². The van der Waals surface area contributed by atoms with Gasteiger partial charge in [0.2, 0.25) is 0 Å². The fourth-order valence-corrected chi connectivity index (χ4v) is 1.69. The van der Waals surface area contributed by atoms with E-state index in [1.807, 2.05) is 12.1 Å². The Balaban J connectivity index is 2.93. The molecule has 0 spiro atoms. The minimum atomic E-state index is 0.378. The van der Waals surface area contributed by atoms with E-state index in [2.05, 4.69) is 32.2 Å². The number of hydrogen-bond donors (Lipinski definition) is 1. The van der Waals surface area contributed by atoms with E-state index in [0.29, 0.717) is 6.04 Å². The van der Waals surface area contributed by atoms with Crippen LogP contribution in [0.3, 0.4) is 0 Å². The summed E-state index contributed by atoms with van der Waals surface area (Å²) in [6.07, 6.45) is 0. The summed E-state index contributed by atoms with van der Waals surface area (Å²) in [5.74, 6) is 0. The van der Waals surface area contributed by atoms with Crippen LogP contribution >= 0.6 is 11.6 Å². The third kappa shape index (κ3) is 2.45. The second-order valence-electron chi connectivity index (χ2n) is 3.23. The third-order valence-corrected chi connectivity index (χ3v) is 2.70. The van der Waals surface area contributed by atoms with Gasteiger partial charge >= 0.3 is 0 Å². The van der Waals surface area contributed by atoms with Crippen molar-refractivity contribution in [2.45, 2.75) is 26.8 Å². The molecule has 2 heteroatoms. The Morgan fingerprint density at radius 3 is 2.77 bits per heavy atom. The smallest absolute Gasteiger partial charge is 0.0438 e. The second-order valence-corrected chi connectivity index (χ2v) is 3.64. The molecule has 72 valence electrons. The molecule has 0 saturated heterocycles. The lowest BCUT2D eigenvalue weighted by Gasteiger charge is -2.15. The first-order chi connectivity index (χ1) is 6.16. The minimum Gasteiger partial charge on any atom is -0.310 e. The van der Waals surface area contributed by atoms with Gasteiger partial charge in [-0.1, -0.05) is 30.7 Å². The van der Waals surface area contributed by atoms with Crippen LogP contribution in [0, 0.1) is 6.92 Å². The van der Waals surface area contributed by atoms with Crippen LogP contribution in [0.2, 0.25) is 5.02 Å². The number of hydrogen-bond acceptors (Lipinski definition) is 1. The SMILES string of the molecule is CCNC(C)c1cccc(Cl)c1C. The molecular weight excluding hydrogens is 182 g/mol. The van der Waals surface area contributed by atoms with Gasteiger partial charge in [0.15, 0.2) is 0 Å². The van der Waals surface area contributed by atoms with E-state index >= 15 is 0 Å². The largest absolute Gasteiger partial charge is 0.310 e. The summed E-state index contributed by atoms with van der Waals surface area (Å²) < 4.78 is 0. The lowest BCUT2D eigenvalue weighted by Crippen LogP contribution is -2.18. The molecule has 0 radical (unpaired) electrons. The molecule has 1 atom stereocenters. The number of halogens is 1. The Morgan fingerprint density at radius 1 is 1.46 bits per heavy atom. The summed E-state index contributed by atoms with van der Waals surface area (Å²) in [6.45, 7) is 7.30. The van der Waals surface area contributed by atoms with E-state index in [0.717, 1.165) is 11.6 Å². The zero-order chi connectivity index (χ0) is 9.84. The van der Waals surface area contributed by atoms with E-state index < -0.39 is 0 Å². The van der Waals surface area contributed by atoms with Crippen LogP contribution in [-0.4, -0.2) is 6.54 Å². The highest BCUT2D eigenvalue weighted by molar-refractivity contribution is 6.31. The van der Waals surface area contributed by atoms with E-state index in [1.165, 1.54) is 11.1 Å².